The second-order valence-electron chi connectivity index (χ2n) is 3.01. The van der Waals surface area contributed by atoms with E-state index in [-0.39, 0.29) is 5.54 Å². The number of rotatable bonds is 2. The minimum absolute atomic E-state index is 0.0648. The Bertz CT molecular complexity index is 157. The summed E-state index contributed by atoms with van der Waals surface area (Å²) >= 11 is 0. The first-order valence-electron chi connectivity index (χ1n) is 3.30. The van der Waals surface area contributed by atoms with Crippen molar-refractivity contribution in [1.29, 1.82) is 0 Å². The Morgan fingerprint density at radius 2 is 2.10 bits per heavy atom. The van der Waals surface area contributed by atoms with Crippen LogP contribution in [0.25, 0.3) is 0 Å². The summed E-state index contributed by atoms with van der Waals surface area (Å²) in [5.41, 5.74) is -0.0648. The summed E-state index contributed by atoms with van der Waals surface area (Å²) in [6.45, 7) is 10.1. The van der Waals surface area contributed by atoms with Crippen molar-refractivity contribution in [2.24, 2.45) is 9.98 Å². The van der Waals surface area contributed by atoms with E-state index >= 15 is 0 Å². The van der Waals surface area contributed by atoms with E-state index in [1.165, 1.54) is 0 Å². The van der Waals surface area contributed by atoms with Crippen molar-refractivity contribution < 1.29 is 0 Å². The second-order valence-corrected chi connectivity index (χ2v) is 3.01. The van der Waals surface area contributed by atoms with Gasteiger partial charge in [0.2, 0.25) is 0 Å². The number of hydrogen-bond donors (Lipinski definition) is 0. The molecule has 0 radical (unpaired) electrons. The zero-order chi connectivity index (χ0) is 8.04. The third-order valence-electron chi connectivity index (χ3n) is 0.677. The van der Waals surface area contributed by atoms with Gasteiger partial charge in [-0.2, -0.15) is 0 Å². The van der Waals surface area contributed by atoms with Crippen molar-refractivity contribution in [1.82, 2.24) is 0 Å². The zero-order valence-electron chi connectivity index (χ0n) is 6.89. The van der Waals surface area contributed by atoms with Gasteiger partial charge in [0.15, 0.2) is 0 Å². The summed E-state index contributed by atoms with van der Waals surface area (Å²) in [5, 5.41) is 0. The summed E-state index contributed by atoms with van der Waals surface area (Å²) in [7, 11) is 0. The minimum Gasteiger partial charge on any atom is -0.221 e. The highest BCUT2D eigenvalue weighted by molar-refractivity contribution is 5.42. The van der Waals surface area contributed by atoms with Gasteiger partial charge in [0, 0.05) is 0 Å². The van der Waals surface area contributed by atoms with Crippen LogP contribution in [-0.4, -0.2) is 18.1 Å². The molecule has 0 spiro atoms. The van der Waals surface area contributed by atoms with Crippen molar-refractivity contribution in [3.8, 4) is 0 Å². The van der Waals surface area contributed by atoms with Crippen LogP contribution >= 0.6 is 0 Å². The van der Waals surface area contributed by atoms with Crippen LogP contribution < -0.4 is 0 Å². The minimum atomic E-state index is -0.0648. The smallest absolute Gasteiger partial charge is 0.0901 e. The average Bonchev–Trinajstić information content (AvgIpc) is 1.78. The quantitative estimate of drug-likeness (QED) is 0.412. The third-order valence-corrected chi connectivity index (χ3v) is 0.677. The van der Waals surface area contributed by atoms with E-state index in [0.717, 1.165) is 0 Å². The lowest BCUT2D eigenvalue weighted by atomic mass is 10.1. The van der Waals surface area contributed by atoms with Crippen molar-refractivity contribution >= 4 is 6.01 Å². The van der Waals surface area contributed by atoms with E-state index in [9.17, 15) is 0 Å². The van der Waals surface area contributed by atoms with Gasteiger partial charge in [-0.3, -0.25) is 0 Å². The Morgan fingerprint density at radius 1 is 1.50 bits per heavy atom. The highest BCUT2D eigenvalue weighted by Gasteiger charge is 2.03. The molecule has 2 heteroatoms. The van der Waals surface area contributed by atoms with E-state index < -0.39 is 0 Å². The van der Waals surface area contributed by atoms with Gasteiger partial charge >= 0.3 is 0 Å². The molecule has 0 aromatic carbocycles. The molecule has 0 aromatic heterocycles. The number of hydrogen-bond acceptors (Lipinski definition) is 2. The molecule has 0 rings (SSSR count). The number of aliphatic imine (C=N–C) groups is 2. The molecule has 0 aliphatic rings. The van der Waals surface area contributed by atoms with Gasteiger partial charge in [0.25, 0.3) is 0 Å². The van der Waals surface area contributed by atoms with Gasteiger partial charge in [0.05, 0.1) is 18.1 Å². The number of nitrogens with zero attached hydrogens (tertiary/aromatic N) is 2. The molecule has 0 saturated heterocycles. The van der Waals surface area contributed by atoms with E-state index in [1.807, 2.05) is 20.8 Å². The monoisotopic (exact) mass is 138 g/mol. The fraction of sp³-hybridized carbons (Fsp3) is 0.625. The van der Waals surface area contributed by atoms with Crippen LogP contribution in [0.5, 0.6) is 0 Å². The van der Waals surface area contributed by atoms with E-state index in [4.69, 9.17) is 0 Å². The topological polar surface area (TPSA) is 24.7 Å². The van der Waals surface area contributed by atoms with Crippen LogP contribution in [-0.2, 0) is 0 Å². The second kappa shape index (κ2) is 4.02. The first-order valence-corrected chi connectivity index (χ1v) is 3.30. The van der Waals surface area contributed by atoms with Crippen LogP contribution in [0.15, 0.2) is 22.6 Å². The predicted molar refractivity (Wildman–Crippen MR) is 44.7 cm³/mol. The lowest BCUT2D eigenvalue weighted by Gasteiger charge is -2.06. The molecule has 10 heavy (non-hydrogen) atoms. The Balaban J connectivity index is 3.85. The molecule has 2 nitrogen and oxygen atoms in total. The zero-order valence-corrected chi connectivity index (χ0v) is 6.89. The normalized spacial score (nSPS) is 9.90. The summed E-state index contributed by atoms with van der Waals surface area (Å²) in [6, 6.07) is 2.60. The summed E-state index contributed by atoms with van der Waals surface area (Å²) < 4.78 is 0. The molecule has 56 valence electrons. The summed E-state index contributed by atoms with van der Waals surface area (Å²) in [5.74, 6) is 0. The van der Waals surface area contributed by atoms with E-state index in [2.05, 4.69) is 22.6 Å². The highest BCUT2D eigenvalue weighted by Crippen LogP contribution is 2.03. The van der Waals surface area contributed by atoms with Crippen LogP contribution in [0, 0.1) is 0 Å². The van der Waals surface area contributed by atoms with Crippen molar-refractivity contribution in [2.45, 2.75) is 26.3 Å². The van der Waals surface area contributed by atoms with Crippen LogP contribution in [0.3, 0.4) is 0 Å². The fourth-order valence-corrected chi connectivity index (χ4v) is 0.291. The molecule has 0 aliphatic carbocycles. The molecule has 0 unspecified atom stereocenters. The largest absolute Gasteiger partial charge is 0.221 e. The summed E-state index contributed by atoms with van der Waals surface area (Å²) in [4.78, 5) is 7.87. The molecule has 0 aromatic rings. The predicted octanol–water partition coefficient (Wildman–Crippen LogP) is 2.14. The Labute approximate surface area is 62.4 Å². The van der Waals surface area contributed by atoms with Crippen LogP contribution in [0.1, 0.15) is 20.8 Å². The molecule has 0 N–H and O–H groups in total. The Hall–Kier alpha value is -0.880. The maximum Gasteiger partial charge on any atom is 0.0901 e. The lowest BCUT2D eigenvalue weighted by Crippen LogP contribution is -2.08. The van der Waals surface area contributed by atoms with E-state index in [1.54, 1.807) is 6.08 Å². The van der Waals surface area contributed by atoms with Gasteiger partial charge in [-0.15, -0.1) is 6.58 Å². The SMILES string of the molecule is C=CCN=C=NC(C)(C)C. The Kier molecular flexibility index (Phi) is 3.67. The standard InChI is InChI=1S/C8H14N2/c1-5-6-9-7-10-8(2,3)4/h5H,1,6H2,2-4H3. The molecule has 0 bridgehead atoms. The molecule has 0 atom stereocenters. The maximum atomic E-state index is 4.03. The summed E-state index contributed by atoms with van der Waals surface area (Å²) in [6.07, 6.45) is 1.71. The van der Waals surface area contributed by atoms with Gasteiger partial charge in [-0.1, -0.05) is 6.08 Å². The van der Waals surface area contributed by atoms with E-state index in [0.29, 0.717) is 6.54 Å². The van der Waals surface area contributed by atoms with Gasteiger partial charge in [-0.25, -0.2) is 9.98 Å². The average molecular weight is 138 g/mol. The third kappa shape index (κ3) is 7.12. The first kappa shape index (κ1) is 9.12. The molecule has 0 fully saturated rings. The first-order chi connectivity index (χ1) is 4.56. The van der Waals surface area contributed by atoms with Crippen molar-refractivity contribution in [2.75, 3.05) is 6.54 Å². The van der Waals surface area contributed by atoms with Crippen molar-refractivity contribution in [3.63, 3.8) is 0 Å². The molecular weight excluding hydrogens is 124 g/mol. The lowest BCUT2D eigenvalue weighted by molar-refractivity contribution is 0.587. The molecule has 0 saturated carbocycles. The highest BCUT2D eigenvalue weighted by atomic mass is 14.9. The molecule has 0 aliphatic heterocycles. The van der Waals surface area contributed by atoms with Crippen LogP contribution in [0.2, 0.25) is 0 Å². The fourth-order valence-electron chi connectivity index (χ4n) is 0.291. The Morgan fingerprint density at radius 3 is 2.50 bits per heavy atom. The van der Waals surface area contributed by atoms with Gasteiger partial charge in [-0.05, 0) is 20.8 Å². The van der Waals surface area contributed by atoms with Crippen LogP contribution in [0.4, 0.5) is 0 Å². The molecular formula is C8H14N2. The van der Waals surface area contributed by atoms with Gasteiger partial charge in [0.1, 0.15) is 0 Å². The van der Waals surface area contributed by atoms with Crippen molar-refractivity contribution in [3.05, 3.63) is 12.7 Å². The molecule has 0 amide bonds. The maximum absolute atomic E-state index is 4.03. The molecule has 0 heterocycles. The van der Waals surface area contributed by atoms with Gasteiger partial charge < -0.3 is 0 Å².